The van der Waals surface area contributed by atoms with Crippen LogP contribution < -0.4 is 4.31 Å². The van der Waals surface area contributed by atoms with Crippen LogP contribution in [0.3, 0.4) is 0 Å². The zero-order valence-electron chi connectivity index (χ0n) is 12.6. The summed E-state index contributed by atoms with van der Waals surface area (Å²) in [6.45, 7) is 2.09. The van der Waals surface area contributed by atoms with Crippen molar-refractivity contribution < 1.29 is 13.2 Å². The molecular weight excluding hydrogens is 334 g/mol. The Labute approximate surface area is 140 Å². The van der Waals surface area contributed by atoms with Gasteiger partial charge in [-0.05, 0) is 30.7 Å². The molecule has 0 fully saturated rings. The molecule has 4 nitrogen and oxygen atoms in total. The van der Waals surface area contributed by atoms with Gasteiger partial charge in [-0.2, -0.15) is 0 Å². The first-order valence-electron chi connectivity index (χ1n) is 7.25. The van der Waals surface area contributed by atoms with Gasteiger partial charge in [0.25, 0.3) is 0 Å². The van der Waals surface area contributed by atoms with Crippen LogP contribution in [-0.2, 0) is 15.8 Å². The van der Waals surface area contributed by atoms with Crippen molar-refractivity contribution in [1.29, 1.82) is 0 Å². The van der Waals surface area contributed by atoms with E-state index >= 15 is 0 Å². The topological polar surface area (TPSA) is 54.5 Å². The second kappa shape index (κ2) is 5.98. The molecule has 0 N–H and O–H groups in total. The molecule has 6 heteroatoms. The van der Waals surface area contributed by atoms with Crippen molar-refractivity contribution in [1.82, 2.24) is 0 Å². The van der Waals surface area contributed by atoms with Crippen molar-refractivity contribution in [2.75, 3.05) is 10.8 Å². The quantitative estimate of drug-likeness (QED) is 0.851. The molecule has 2 aromatic carbocycles. The fourth-order valence-electron chi connectivity index (χ4n) is 2.79. The van der Waals surface area contributed by atoms with Crippen LogP contribution in [0.1, 0.15) is 27.9 Å². The van der Waals surface area contributed by atoms with Crippen molar-refractivity contribution in [3.05, 3.63) is 64.2 Å². The standard InChI is InChI=1S/C17H16ClNO3S/c1-12-3-2-4-13(9-12)11-23(21,22)19-8-7-17(20)15-10-14(18)5-6-16(15)19/h2-6,9-10H,7-8,11H2,1H3. The maximum atomic E-state index is 12.8. The number of Topliss-reactive ketones (excluding diaryl/α,β-unsaturated/α-hetero) is 1. The summed E-state index contributed by atoms with van der Waals surface area (Å²) in [6, 6.07) is 12.2. The lowest BCUT2D eigenvalue weighted by atomic mass is 10.0. The molecule has 0 saturated heterocycles. The summed E-state index contributed by atoms with van der Waals surface area (Å²) in [5.74, 6) is -0.171. The smallest absolute Gasteiger partial charge is 0.239 e. The van der Waals surface area contributed by atoms with E-state index in [-0.39, 0.29) is 24.5 Å². The molecule has 0 amide bonds. The number of benzene rings is 2. The highest BCUT2D eigenvalue weighted by Crippen LogP contribution is 2.32. The first kappa shape index (κ1) is 16.0. The van der Waals surface area contributed by atoms with E-state index < -0.39 is 10.0 Å². The molecule has 0 aliphatic carbocycles. The number of rotatable bonds is 3. The minimum Gasteiger partial charge on any atom is -0.294 e. The molecule has 0 unspecified atom stereocenters. The minimum absolute atomic E-state index is 0.0792. The maximum absolute atomic E-state index is 12.8. The van der Waals surface area contributed by atoms with Gasteiger partial charge >= 0.3 is 0 Å². The first-order valence-corrected chi connectivity index (χ1v) is 9.24. The first-order chi connectivity index (χ1) is 10.9. The Morgan fingerprint density at radius 2 is 1.96 bits per heavy atom. The number of carbonyl (C=O) groups is 1. The molecule has 120 valence electrons. The Balaban J connectivity index is 1.98. The number of fused-ring (bicyclic) bond motifs is 1. The number of nitrogens with zero attached hydrogens (tertiary/aromatic N) is 1. The van der Waals surface area contributed by atoms with E-state index in [1.165, 1.54) is 10.4 Å². The van der Waals surface area contributed by atoms with Gasteiger partial charge in [0.15, 0.2) is 5.78 Å². The summed E-state index contributed by atoms with van der Waals surface area (Å²) in [4.78, 5) is 12.0. The van der Waals surface area contributed by atoms with Crippen LogP contribution >= 0.6 is 11.6 Å². The number of sulfonamides is 1. The van der Waals surface area contributed by atoms with Crippen LogP contribution in [0.4, 0.5) is 5.69 Å². The van der Waals surface area contributed by atoms with Crippen LogP contribution in [0, 0.1) is 6.92 Å². The highest BCUT2D eigenvalue weighted by Gasteiger charge is 2.31. The van der Waals surface area contributed by atoms with Crippen molar-refractivity contribution >= 4 is 33.1 Å². The van der Waals surface area contributed by atoms with Gasteiger partial charge in [0.1, 0.15) is 0 Å². The van der Waals surface area contributed by atoms with E-state index in [9.17, 15) is 13.2 Å². The zero-order valence-corrected chi connectivity index (χ0v) is 14.2. The molecule has 0 bridgehead atoms. The predicted octanol–water partition coefficient (Wildman–Crippen LogP) is 3.57. The Morgan fingerprint density at radius 3 is 2.70 bits per heavy atom. The molecule has 1 heterocycles. The normalized spacial score (nSPS) is 14.7. The predicted molar refractivity (Wildman–Crippen MR) is 91.5 cm³/mol. The molecule has 23 heavy (non-hydrogen) atoms. The average Bonchev–Trinajstić information content (AvgIpc) is 2.47. The summed E-state index contributed by atoms with van der Waals surface area (Å²) in [6.07, 6.45) is 0.167. The van der Waals surface area contributed by atoms with E-state index in [4.69, 9.17) is 11.6 Å². The van der Waals surface area contributed by atoms with E-state index in [0.29, 0.717) is 16.3 Å². The summed E-state index contributed by atoms with van der Waals surface area (Å²) in [5, 5.41) is 0.426. The fraction of sp³-hybridized carbons (Fsp3) is 0.235. The lowest BCUT2D eigenvalue weighted by Gasteiger charge is -2.30. The fourth-order valence-corrected chi connectivity index (χ4v) is 4.54. The minimum atomic E-state index is -3.56. The number of carbonyl (C=O) groups excluding carboxylic acids is 1. The molecule has 3 rings (SSSR count). The van der Waals surface area contributed by atoms with Gasteiger partial charge in [0.05, 0.1) is 11.4 Å². The second-order valence-corrected chi connectivity index (χ2v) is 7.98. The number of hydrogen-bond donors (Lipinski definition) is 0. The highest BCUT2D eigenvalue weighted by molar-refractivity contribution is 7.92. The SMILES string of the molecule is Cc1cccc(CS(=O)(=O)N2CCC(=O)c3cc(Cl)ccc32)c1. The van der Waals surface area contributed by atoms with Gasteiger partial charge in [-0.15, -0.1) is 0 Å². The monoisotopic (exact) mass is 349 g/mol. The number of halogens is 1. The molecule has 0 aromatic heterocycles. The maximum Gasteiger partial charge on any atom is 0.239 e. The number of aryl methyl sites for hydroxylation is 1. The summed E-state index contributed by atoms with van der Waals surface area (Å²) in [7, 11) is -3.56. The molecule has 0 radical (unpaired) electrons. The van der Waals surface area contributed by atoms with Crippen molar-refractivity contribution in [3.8, 4) is 0 Å². The third-order valence-corrected chi connectivity index (χ3v) is 5.82. The van der Waals surface area contributed by atoms with Crippen LogP contribution in [0.5, 0.6) is 0 Å². The van der Waals surface area contributed by atoms with Crippen molar-refractivity contribution in [3.63, 3.8) is 0 Å². The molecule has 1 aliphatic rings. The number of ketones is 1. The molecular formula is C17H16ClNO3S. The average molecular weight is 350 g/mol. The zero-order chi connectivity index (χ0) is 16.6. The summed E-state index contributed by atoms with van der Waals surface area (Å²) < 4.78 is 26.9. The van der Waals surface area contributed by atoms with Gasteiger partial charge in [0.2, 0.25) is 10.0 Å². The lowest BCUT2D eigenvalue weighted by Crippen LogP contribution is -2.38. The third kappa shape index (κ3) is 3.26. The lowest BCUT2D eigenvalue weighted by molar-refractivity contribution is 0.0982. The van der Waals surface area contributed by atoms with E-state index in [0.717, 1.165) is 11.1 Å². The van der Waals surface area contributed by atoms with Crippen molar-refractivity contribution in [2.45, 2.75) is 19.1 Å². The Morgan fingerprint density at radius 1 is 1.17 bits per heavy atom. The number of anilines is 1. The van der Waals surface area contributed by atoms with Crippen LogP contribution in [0.25, 0.3) is 0 Å². The Kier molecular flexibility index (Phi) is 4.17. The van der Waals surface area contributed by atoms with Gasteiger partial charge < -0.3 is 0 Å². The molecule has 0 atom stereocenters. The summed E-state index contributed by atoms with van der Waals surface area (Å²) >= 11 is 5.93. The molecule has 2 aromatic rings. The number of hydrogen-bond acceptors (Lipinski definition) is 3. The molecule has 0 saturated carbocycles. The Hall–Kier alpha value is -1.85. The third-order valence-electron chi connectivity index (χ3n) is 3.84. The van der Waals surface area contributed by atoms with Gasteiger partial charge in [0, 0.05) is 23.6 Å². The van der Waals surface area contributed by atoms with E-state index in [2.05, 4.69) is 0 Å². The molecule has 0 spiro atoms. The van der Waals surface area contributed by atoms with Gasteiger partial charge in [-0.1, -0.05) is 41.4 Å². The summed E-state index contributed by atoms with van der Waals surface area (Å²) in [5.41, 5.74) is 2.53. The van der Waals surface area contributed by atoms with Crippen LogP contribution in [-0.4, -0.2) is 20.7 Å². The van der Waals surface area contributed by atoms with Crippen LogP contribution in [0.15, 0.2) is 42.5 Å². The van der Waals surface area contributed by atoms with Crippen LogP contribution in [0.2, 0.25) is 5.02 Å². The van der Waals surface area contributed by atoms with E-state index in [1.54, 1.807) is 18.2 Å². The van der Waals surface area contributed by atoms with Crippen molar-refractivity contribution in [2.24, 2.45) is 0 Å². The highest BCUT2D eigenvalue weighted by atomic mass is 35.5. The Bertz CT molecular complexity index is 877. The molecule has 1 aliphatic heterocycles. The van der Waals surface area contributed by atoms with Gasteiger partial charge in [-0.3, -0.25) is 9.10 Å². The second-order valence-electron chi connectivity index (χ2n) is 5.65. The largest absolute Gasteiger partial charge is 0.294 e. The van der Waals surface area contributed by atoms with Gasteiger partial charge in [-0.25, -0.2) is 8.42 Å². The van der Waals surface area contributed by atoms with E-state index in [1.807, 2.05) is 25.1 Å².